The standard InChI is InChI=1S/C21H28O4/c1-13(22)24-11-14-4-7-19-18-12-25-20-10-15(23-3)5-6-17(20)16(18)8-9-21(14,19)2/h5-6,10,14,16,18-19H,4,7-9,11-12H2,1-3H3/t14-,16-,18+,19+,21-/m1/s1. The van der Waals surface area contributed by atoms with Gasteiger partial charge in [-0.25, -0.2) is 0 Å². The molecule has 4 rings (SSSR count). The first kappa shape index (κ1) is 16.7. The first-order valence-corrected chi connectivity index (χ1v) is 9.47. The molecule has 4 heteroatoms. The Hall–Kier alpha value is -1.71. The van der Waals surface area contributed by atoms with Gasteiger partial charge in [-0.05, 0) is 60.5 Å². The van der Waals surface area contributed by atoms with E-state index in [1.807, 2.05) is 6.07 Å². The van der Waals surface area contributed by atoms with E-state index in [2.05, 4.69) is 19.1 Å². The summed E-state index contributed by atoms with van der Waals surface area (Å²) < 4.78 is 16.9. The Morgan fingerprint density at radius 2 is 2.16 bits per heavy atom. The van der Waals surface area contributed by atoms with Crippen LogP contribution in [0.25, 0.3) is 0 Å². The highest BCUT2D eigenvalue weighted by Gasteiger charge is 2.55. The number of carbonyl (C=O) groups excluding carboxylic acids is 1. The van der Waals surface area contributed by atoms with Crippen molar-refractivity contribution in [3.63, 3.8) is 0 Å². The van der Waals surface area contributed by atoms with E-state index >= 15 is 0 Å². The number of rotatable bonds is 3. The van der Waals surface area contributed by atoms with Gasteiger partial charge in [0.1, 0.15) is 11.5 Å². The summed E-state index contributed by atoms with van der Waals surface area (Å²) in [4.78, 5) is 11.2. The maximum Gasteiger partial charge on any atom is 0.302 e. The molecule has 0 N–H and O–H groups in total. The van der Waals surface area contributed by atoms with Crippen molar-refractivity contribution in [3.8, 4) is 11.5 Å². The van der Waals surface area contributed by atoms with E-state index in [1.54, 1.807) is 7.11 Å². The predicted molar refractivity (Wildman–Crippen MR) is 94.9 cm³/mol. The van der Waals surface area contributed by atoms with Gasteiger partial charge in [0.15, 0.2) is 0 Å². The smallest absolute Gasteiger partial charge is 0.302 e. The van der Waals surface area contributed by atoms with Crippen LogP contribution in [0.3, 0.4) is 0 Å². The van der Waals surface area contributed by atoms with Crippen LogP contribution in [0.1, 0.15) is 51.0 Å². The Morgan fingerprint density at radius 3 is 2.92 bits per heavy atom. The van der Waals surface area contributed by atoms with Crippen LogP contribution in [0.5, 0.6) is 11.5 Å². The maximum atomic E-state index is 11.2. The number of fused-ring (bicyclic) bond motifs is 5. The zero-order valence-corrected chi connectivity index (χ0v) is 15.4. The highest BCUT2D eigenvalue weighted by Crippen LogP contribution is 2.62. The van der Waals surface area contributed by atoms with E-state index in [4.69, 9.17) is 14.2 Å². The molecule has 1 heterocycles. The molecule has 3 aliphatic rings. The van der Waals surface area contributed by atoms with Crippen molar-refractivity contribution in [1.29, 1.82) is 0 Å². The number of hydrogen-bond donors (Lipinski definition) is 0. The van der Waals surface area contributed by atoms with Gasteiger partial charge in [0, 0.05) is 18.9 Å². The molecule has 1 aromatic carbocycles. The molecule has 0 bridgehead atoms. The van der Waals surface area contributed by atoms with Crippen LogP contribution in [0.15, 0.2) is 18.2 Å². The van der Waals surface area contributed by atoms with Crippen LogP contribution in [0.4, 0.5) is 0 Å². The summed E-state index contributed by atoms with van der Waals surface area (Å²) in [7, 11) is 1.70. The summed E-state index contributed by atoms with van der Waals surface area (Å²) >= 11 is 0. The minimum absolute atomic E-state index is 0.162. The monoisotopic (exact) mass is 344 g/mol. The van der Waals surface area contributed by atoms with E-state index < -0.39 is 0 Å². The molecule has 0 unspecified atom stereocenters. The average Bonchev–Trinajstić information content (AvgIpc) is 2.95. The molecule has 25 heavy (non-hydrogen) atoms. The highest BCUT2D eigenvalue weighted by atomic mass is 16.5. The van der Waals surface area contributed by atoms with Crippen molar-refractivity contribution in [2.75, 3.05) is 20.3 Å². The lowest BCUT2D eigenvalue weighted by Crippen LogP contribution is -2.45. The van der Waals surface area contributed by atoms with Gasteiger partial charge in [0.25, 0.3) is 0 Å². The lowest BCUT2D eigenvalue weighted by Gasteiger charge is -2.50. The summed E-state index contributed by atoms with van der Waals surface area (Å²) in [5, 5.41) is 0. The number of esters is 1. The van der Waals surface area contributed by atoms with Gasteiger partial charge in [-0.1, -0.05) is 13.0 Å². The van der Waals surface area contributed by atoms with Crippen molar-refractivity contribution in [2.45, 2.75) is 45.4 Å². The number of ether oxygens (including phenoxy) is 3. The third-order valence-electron chi connectivity index (χ3n) is 7.17. The van der Waals surface area contributed by atoms with Crippen LogP contribution >= 0.6 is 0 Å². The Morgan fingerprint density at radius 1 is 1.32 bits per heavy atom. The first-order chi connectivity index (χ1) is 12.0. The van der Waals surface area contributed by atoms with E-state index in [-0.39, 0.29) is 11.4 Å². The van der Waals surface area contributed by atoms with Crippen molar-refractivity contribution in [3.05, 3.63) is 23.8 Å². The molecule has 0 radical (unpaired) electrons. The summed E-state index contributed by atoms with van der Waals surface area (Å²) in [6.07, 6.45) is 4.78. The molecule has 136 valence electrons. The van der Waals surface area contributed by atoms with Gasteiger partial charge < -0.3 is 14.2 Å². The topological polar surface area (TPSA) is 44.8 Å². The molecular formula is C21H28O4. The largest absolute Gasteiger partial charge is 0.497 e. The number of carbonyl (C=O) groups is 1. The molecule has 4 nitrogen and oxygen atoms in total. The van der Waals surface area contributed by atoms with Gasteiger partial charge in [-0.15, -0.1) is 0 Å². The third-order valence-corrected chi connectivity index (χ3v) is 7.17. The minimum atomic E-state index is -0.162. The number of hydrogen-bond acceptors (Lipinski definition) is 4. The average molecular weight is 344 g/mol. The highest BCUT2D eigenvalue weighted by molar-refractivity contribution is 5.65. The summed E-state index contributed by atoms with van der Waals surface area (Å²) in [6.45, 7) is 5.30. The van der Waals surface area contributed by atoms with Crippen molar-refractivity contribution >= 4 is 5.97 Å². The van der Waals surface area contributed by atoms with Crippen LogP contribution in [0.2, 0.25) is 0 Å². The fourth-order valence-electron chi connectivity index (χ4n) is 5.77. The van der Waals surface area contributed by atoms with Crippen molar-refractivity contribution in [1.82, 2.24) is 0 Å². The molecule has 2 aliphatic carbocycles. The van der Waals surface area contributed by atoms with Crippen molar-refractivity contribution in [2.24, 2.45) is 23.2 Å². The molecule has 5 atom stereocenters. The molecule has 0 saturated heterocycles. The van der Waals surface area contributed by atoms with E-state index in [1.165, 1.54) is 31.7 Å². The molecule has 0 aromatic heterocycles. The molecule has 2 fully saturated rings. The summed E-state index contributed by atoms with van der Waals surface area (Å²) in [6, 6.07) is 6.27. The zero-order valence-electron chi connectivity index (χ0n) is 15.4. The molecule has 1 aromatic rings. The summed E-state index contributed by atoms with van der Waals surface area (Å²) in [5.41, 5.74) is 1.62. The summed E-state index contributed by atoms with van der Waals surface area (Å²) in [5.74, 6) is 3.99. The normalized spacial score (nSPS) is 35.8. The van der Waals surface area contributed by atoms with Crippen LogP contribution in [0, 0.1) is 23.2 Å². The second-order valence-corrected chi connectivity index (χ2v) is 8.21. The zero-order chi connectivity index (χ0) is 17.6. The van der Waals surface area contributed by atoms with E-state index in [9.17, 15) is 4.79 Å². The van der Waals surface area contributed by atoms with E-state index in [0.29, 0.717) is 30.3 Å². The second-order valence-electron chi connectivity index (χ2n) is 8.21. The Balaban J connectivity index is 1.56. The minimum Gasteiger partial charge on any atom is -0.497 e. The first-order valence-electron chi connectivity index (χ1n) is 9.47. The Bertz CT molecular complexity index is 670. The lowest BCUT2D eigenvalue weighted by atomic mass is 9.56. The quantitative estimate of drug-likeness (QED) is 0.772. The van der Waals surface area contributed by atoms with Gasteiger partial charge in [0.05, 0.1) is 20.3 Å². The van der Waals surface area contributed by atoms with Gasteiger partial charge in [-0.3, -0.25) is 4.79 Å². The fraction of sp³-hybridized carbons (Fsp3) is 0.667. The Labute approximate surface area is 149 Å². The molecule has 2 saturated carbocycles. The third kappa shape index (κ3) is 2.70. The van der Waals surface area contributed by atoms with Gasteiger partial charge in [0.2, 0.25) is 0 Å². The predicted octanol–water partition coefficient (Wildman–Crippen LogP) is 4.18. The Kier molecular flexibility index (Phi) is 4.17. The van der Waals surface area contributed by atoms with Gasteiger partial charge in [-0.2, -0.15) is 0 Å². The van der Waals surface area contributed by atoms with Crippen LogP contribution < -0.4 is 9.47 Å². The fourth-order valence-corrected chi connectivity index (χ4v) is 5.77. The SMILES string of the molecule is COc1ccc2c(c1)OC[C@H]1[C@@H]2CC[C@]2(C)[C@@H](COC(C)=O)CC[C@@H]12. The second kappa shape index (κ2) is 6.22. The van der Waals surface area contributed by atoms with Gasteiger partial charge >= 0.3 is 5.97 Å². The van der Waals surface area contributed by atoms with Crippen molar-refractivity contribution < 1.29 is 19.0 Å². The maximum absolute atomic E-state index is 11.2. The van der Waals surface area contributed by atoms with Crippen LogP contribution in [-0.4, -0.2) is 26.3 Å². The lowest BCUT2D eigenvalue weighted by molar-refractivity contribution is -0.144. The molecule has 0 amide bonds. The van der Waals surface area contributed by atoms with Crippen LogP contribution in [-0.2, 0) is 9.53 Å². The number of benzene rings is 1. The molecule has 0 spiro atoms. The number of methoxy groups -OCH3 is 1. The molecular weight excluding hydrogens is 316 g/mol. The molecule has 1 aliphatic heterocycles. The van der Waals surface area contributed by atoms with E-state index in [0.717, 1.165) is 24.5 Å².